The van der Waals surface area contributed by atoms with Gasteiger partial charge in [0.1, 0.15) is 5.75 Å². The Morgan fingerprint density at radius 2 is 2.00 bits per heavy atom. The van der Waals surface area contributed by atoms with Crippen LogP contribution in [0.1, 0.15) is 17.5 Å². The van der Waals surface area contributed by atoms with Crippen molar-refractivity contribution in [2.24, 2.45) is 5.73 Å². The summed E-state index contributed by atoms with van der Waals surface area (Å²) < 4.78 is 4.86. The molecule has 6 nitrogen and oxygen atoms in total. The molecule has 1 aromatic carbocycles. The van der Waals surface area contributed by atoms with Gasteiger partial charge in [0.2, 0.25) is 5.89 Å². The average Bonchev–Trinajstić information content (AvgIpc) is 2.68. The number of hydrogen-bond donors (Lipinski definition) is 3. The molecule has 5 N–H and O–H groups in total. The summed E-state index contributed by atoms with van der Waals surface area (Å²) in [6.07, 6.45) is 0.544. The van der Waals surface area contributed by atoms with Crippen LogP contribution in [0.25, 0.3) is 0 Å². The molecule has 0 fully saturated rings. The molecule has 0 bridgehead atoms. The van der Waals surface area contributed by atoms with Crippen LogP contribution >= 0.6 is 0 Å². The number of nitrogen functional groups attached to an aromatic ring is 1. The van der Waals surface area contributed by atoms with Gasteiger partial charge in [0.05, 0.1) is 6.04 Å². The summed E-state index contributed by atoms with van der Waals surface area (Å²) in [7, 11) is 0. The van der Waals surface area contributed by atoms with E-state index in [9.17, 15) is 0 Å². The highest BCUT2D eigenvalue weighted by Crippen LogP contribution is 2.17. The highest BCUT2D eigenvalue weighted by Gasteiger charge is 2.14. The van der Waals surface area contributed by atoms with Crippen molar-refractivity contribution >= 4 is 5.95 Å². The van der Waals surface area contributed by atoms with Crippen LogP contribution in [0, 0.1) is 0 Å². The van der Waals surface area contributed by atoms with Gasteiger partial charge < -0.3 is 21.1 Å². The summed E-state index contributed by atoms with van der Waals surface area (Å²) in [4.78, 5) is 3.85. The molecule has 0 saturated carbocycles. The predicted molar refractivity (Wildman–Crippen MR) is 57.4 cm³/mol. The lowest BCUT2D eigenvalue weighted by atomic mass is 10.1. The second-order valence-electron chi connectivity index (χ2n) is 3.47. The molecule has 84 valence electrons. The second-order valence-corrected chi connectivity index (χ2v) is 3.47. The van der Waals surface area contributed by atoms with Crippen LogP contribution < -0.4 is 11.5 Å². The first kappa shape index (κ1) is 10.4. The van der Waals surface area contributed by atoms with E-state index in [2.05, 4.69) is 10.1 Å². The Kier molecular flexibility index (Phi) is 2.74. The first-order valence-electron chi connectivity index (χ1n) is 4.77. The van der Waals surface area contributed by atoms with Gasteiger partial charge in [-0.15, -0.1) is 0 Å². The average molecular weight is 220 g/mol. The summed E-state index contributed by atoms with van der Waals surface area (Å²) in [6.45, 7) is 0. The van der Waals surface area contributed by atoms with Gasteiger partial charge in [-0.2, -0.15) is 4.98 Å². The van der Waals surface area contributed by atoms with E-state index in [1.54, 1.807) is 24.3 Å². The van der Waals surface area contributed by atoms with Crippen molar-refractivity contribution in [3.05, 3.63) is 35.7 Å². The zero-order valence-corrected chi connectivity index (χ0v) is 8.50. The van der Waals surface area contributed by atoms with Gasteiger partial charge in [-0.3, -0.25) is 0 Å². The van der Waals surface area contributed by atoms with Crippen LogP contribution in [0.4, 0.5) is 5.95 Å². The smallest absolute Gasteiger partial charge is 0.260 e. The number of nitrogens with two attached hydrogens (primary N) is 2. The number of phenols is 1. The van der Waals surface area contributed by atoms with Gasteiger partial charge >= 0.3 is 0 Å². The van der Waals surface area contributed by atoms with Crippen LogP contribution in [-0.2, 0) is 6.42 Å². The largest absolute Gasteiger partial charge is 0.508 e. The molecule has 0 aliphatic heterocycles. The summed E-state index contributed by atoms with van der Waals surface area (Å²) >= 11 is 0. The Balaban J connectivity index is 2.07. The van der Waals surface area contributed by atoms with E-state index in [1.165, 1.54) is 0 Å². The number of benzene rings is 1. The van der Waals surface area contributed by atoms with Gasteiger partial charge in [-0.25, -0.2) is 0 Å². The van der Waals surface area contributed by atoms with E-state index in [4.69, 9.17) is 21.1 Å². The maximum absolute atomic E-state index is 9.12. The van der Waals surface area contributed by atoms with Crippen molar-refractivity contribution in [3.8, 4) is 5.75 Å². The molecule has 16 heavy (non-hydrogen) atoms. The molecule has 2 rings (SSSR count). The van der Waals surface area contributed by atoms with Crippen molar-refractivity contribution in [1.29, 1.82) is 0 Å². The summed E-state index contributed by atoms with van der Waals surface area (Å²) in [5.74, 6) is 0.612. The van der Waals surface area contributed by atoms with E-state index in [1.807, 2.05) is 0 Å². The van der Waals surface area contributed by atoms with Crippen molar-refractivity contribution < 1.29 is 9.63 Å². The van der Waals surface area contributed by atoms with Crippen LogP contribution in [0.15, 0.2) is 28.8 Å². The van der Waals surface area contributed by atoms with Crippen molar-refractivity contribution in [3.63, 3.8) is 0 Å². The third-order valence-corrected chi connectivity index (χ3v) is 2.17. The standard InChI is InChI=1S/C10H12N4O2/c11-8(9-13-10(12)14-16-9)5-6-1-3-7(15)4-2-6/h1-4,8,15H,5,11H2,(H2,12,14). The maximum Gasteiger partial charge on any atom is 0.260 e. The quantitative estimate of drug-likeness (QED) is 0.698. The van der Waals surface area contributed by atoms with Crippen molar-refractivity contribution in [2.75, 3.05) is 5.73 Å². The molecule has 0 spiro atoms. The normalized spacial score (nSPS) is 12.6. The molecule has 0 aliphatic carbocycles. The fourth-order valence-corrected chi connectivity index (χ4v) is 1.37. The molecule has 1 heterocycles. The monoisotopic (exact) mass is 220 g/mol. The molecule has 1 unspecified atom stereocenters. The first-order chi connectivity index (χ1) is 7.65. The predicted octanol–water partition coefficient (Wildman–Crippen LogP) is 0.600. The topological polar surface area (TPSA) is 111 Å². The minimum Gasteiger partial charge on any atom is -0.508 e. The minimum absolute atomic E-state index is 0.0798. The van der Waals surface area contributed by atoms with Crippen LogP contribution in [-0.4, -0.2) is 15.2 Å². The molecule has 0 aliphatic rings. The third kappa shape index (κ3) is 2.29. The number of aromatic nitrogens is 2. The van der Waals surface area contributed by atoms with Gasteiger partial charge in [-0.1, -0.05) is 12.1 Å². The lowest BCUT2D eigenvalue weighted by Gasteiger charge is -2.06. The molecular weight excluding hydrogens is 208 g/mol. The summed E-state index contributed by atoms with van der Waals surface area (Å²) in [5, 5.41) is 12.6. The molecule has 0 radical (unpaired) electrons. The summed E-state index contributed by atoms with van der Waals surface area (Å²) in [6, 6.07) is 6.38. The lowest BCUT2D eigenvalue weighted by molar-refractivity contribution is 0.355. The number of aromatic hydroxyl groups is 1. The second kappa shape index (κ2) is 4.19. The van der Waals surface area contributed by atoms with Gasteiger partial charge in [0.15, 0.2) is 0 Å². The number of nitrogens with zero attached hydrogens (tertiary/aromatic N) is 2. The Hall–Kier alpha value is -2.08. The van der Waals surface area contributed by atoms with Crippen LogP contribution in [0.3, 0.4) is 0 Å². The molecule has 1 atom stereocenters. The maximum atomic E-state index is 9.12. The SMILES string of the molecule is Nc1noc(C(N)Cc2ccc(O)cc2)n1. The number of anilines is 1. The van der Waals surface area contributed by atoms with Gasteiger partial charge in [0.25, 0.3) is 5.95 Å². The number of rotatable bonds is 3. The number of hydrogen-bond acceptors (Lipinski definition) is 6. The van der Waals surface area contributed by atoms with Crippen LogP contribution in [0.5, 0.6) is 5.75 Å². The first-order valence-corrected chi connectivity index (χ1v) is 4.77. The van der Waals surface area contributed by atoms with Crippen molar-refractivity contribution in [1.82, 2.24) is 10.1 Å². The fraction of sp³-hybridized carbons (Fsp3) is 0.200. The van der Waals surface area contributed by atoms with E-state index in [0.29, 0.717) is 12.3 Å². The van der Waals surface area contributed by atoms with Gasteiger partial charge in [0, 0.05) is 0 Å². The summed E-state index contributed by atoms with van der Waals surface area (Å²) in [5.41, 5.74) is 12.2. The van der Waals surface area contributed by atoms with E-state index < -0.39 is 6.04 Å². The zero-order chi connectivity index (χ0) is 11.5. The third-order valence-electron chi connectivity index (χ3n) is 2.17. The fourth-order valence-electron chi connectivity index (χ4n) is 1.37. The Labute approximate surface area is 91.9 Å². The molecular formula is C10H12N4O2. The minimum atomic E-state index is -0.394. The highest BCUT2D eigenvalue weighted by molar-refractivity contribution is 5.26. The zero-order valence-electron chi connectivity index (χ0n) is 8.50. The molecule has 6 heteroatoms. The Morgan fingerprint density at radius 3 is 2.56 bits per heavy atom. The molecule has 2 aromatic rings. The Morgan fingerprint density at radius 1 is 1.31 bits per heavy atom. The van der Waals surface area contributed by atoms with E-state index in [-0.39, 0.29) is 11.7 Å². The Bertz CT molecular complexity index is 466. The highest BCUT2D eigenvalue weighted by atomic mass is 16.5. The van der Waals surface area contributed by atoms with Crippen molar-refractivity contribution in [2.45, 2.75) is 12.5 Å². The number of phenolic OH excluding ortho intramolecular Hbond substituents is 1. The molecule has 1 aromatic heterocycles. The van der Waals surface area contributed by atoms with E-state index >= 15 is 0 Å². The van der Waals surface area contributed by atoms with Crippen LogP contribution in [0.2, 0.25) is 0 Å². The van der Waals surface area contributed by atoms with E-state index in [0.717, 1.165) is 5.56 Å². The molecule has 0 saturated heterocycles. The van der Waals surface area contributed by atoms with Gasteiger partial charge in [-0.05, 0) is 29.3 Å². The lowest BCUT2D eigenvalue weighted by Crippen LogP contribution is -2.13. The molecule has 0 amide bonds.